The van der Waals surface area contributed by atoms with E-state index in [0.29, 0.717) is 5.69 Å². The minimum absolute atomic E-state index is 0.119. The molecule has 0 bridgehead atoms. The zero-order chi connectivity index (χ0) is 16.8. The van der Waals surface area contributed by atoms with Crippen molar-refractivity contribution in [2.75, 3.05) is 11.9 Å². The third-order valence-electron chi connectivity index (χ3n) is 2.76. The number of ether oxygens (including phenoxy) is 2. The Morgan fingerprint density at radius 2 is 1.78 bits per heavy atom. The van der Waals surface area contributed by atoms with Gasteiger partial charge in [-0.15, -0.1) is 0 Å². The molecular formula is C16H13F2NO4. The molecule has 0 spiro atoms. The van der Waals surface area contributed by atoms with E-state index in [-0.39, 0.29) is 12.4 Å². The molecule has 1 amide bonds. The van der Waals surface area contributed by atoms with E-state index >= 15 is 0 Å². The Bertz CT molecular complexity index is 717. The molecule has 0 radical (unpaired) electrons. The Hall–Kier alpha value is -2.96. The SMILES string of the molecule is CCOC(=O)Nc1ccc(OC(=O)c2cccc(F)c2F)cc1. The number of rotatable bonds is 4. The van der Waals surface area contributed by atoms with Gasteiger partial charge in [-0.2, -0.15) is 0 Å². The average molecular weight is 321 g/mol. The molecule has 7 heteroatoms. The molecule has 0 heterocycles. The van der Waals surface area contributed by atoms with Gasteiger partial charge in [-0.05, 0) is 43.3 Å². The Balaban J connectivity index is 2.04. The van der Waals surface area contributed by atoms with Crippen molar-refractivity contribution in [3.8, 4) is 5.75 Å². The molecule has 0 atom stereocenters. The largest absolute Gasteiger partial charge is 0.450 e. The summed E-state index contributed by atoms with van der Waals surface area (Å²) < 4.78 is 36.2. The number of nitrogens with one attached hydrogen (secondary N) is 1. The van der Waals surface area contributed by atoms with Gasteiger partial charge in [0.05, 0.1) is 12.2 Å². The van der Waals surface area contributed by atoms with E-state index in [9.17, 15) is 18.4 Å². The Morgan fingerprint density at radius 1 is 1.09 bits per heavy atom. The highest BCUT2D eigenvalue weighted by atomic mass is 19.2. The van der Waals surface area contributed by atoms with Gasteiger partial charge in [0, 0.05) is 5.69 Å². The quantitative estimate of drug-likeness (QED) is 0.688. The van der Waals surface area contributed by atoms with Crippen LogP contribution in [-0.4, -0.2) is 18.7 Å². The van der Waals surface area contributed by atoms with Crippen LogP contribution in [-0.2, 0) is 4.74 Å². The maximum atomic E-state index is 13.5. The van der Waals surface area contributed by atoms with Crippen LogP contribution in [0, 0.1) is 11.6 Å². The van der Waals surface area contributed by atoms with Crippen LogP contribution in [0.15, 0.2) is 42.5 Å². The number of hydrogen-bond acceptors (Lipinski definition) is 4. The maximum Gasteiger partial charge on any atom is 0.411 e. The van der Waals surface area contributed by atoms with Crippen molar-refractivity contribution in [1.82, 2.24) is 0 Å². The summed E-state index contributed by atoms with van der Waals surface area (Å²) in [5.41, 5.74) is -0.0705. The number of carbonyl (C=O) groups excluding carboxylic acids is 2. The molecular weight excluding hydrogens is 308 g/mol. The van der Waals surface area contributed by atoms with Crippen molar-refractivity contribution in [3.63, 3.8) is 0 Å². The van der Waals surface area contributed by atoms with E-state index in [2.05, 4.69) is 5.32 Å². The van der Waals surface area contributed by atoms with E-state index < -0.39 is 29.3 Å². The van der Waals surface area contributed by atoms with Crippen molar-refractivity contribution in [2.45, 2.75) is 6.92 Å². The van der Waals surface area contributed by atoms with Crippen molar-refractivity contribution in [2.24, 2.45) is 0 Å². The first kappa shape index (κ1) is 16.4. The topological polar surface area (TPSA) is 64.6 Å². The molecule has 2 aromatic rings. The first-order valence-corrected chi connectivity index (χ1v) is 6.71. The molecule has 0 aliphatic carbocycles. The van der Waals surface area contributed by atoms with Crippen LogP contribution in [0.4, 0.5) is 19.3 Å². The first-order chi connectivity index (χ1) is 11.0. The van der Waals surface area contributed by atoms with E-state index in [0.717, 1.165) is 12.1 Å². The number of halogens is 2. The number of carbonyl (C=O) groups is 2. The van der Waals surface area contributed by atoms with Crippen molar-refractivity contribution >= 4 is 17.7 Å². The van der Waals surface area contributed by atoms with Crippen molar-refractivity contribution < 1.29 is 27.8 Å². The lowest BCUT2D eigenvalue weighted by atomic mass is 10.2. The fraction of sp³-hybridized carbons (Fsp3) is 0.125. The van der Waals surface area contributed by atoms with Gasteiger partial charge in [0.2, 0.25) is 0 Å². The number of esters is 1. The summed E-state index contributed by atoms with van der Waals surface area (Å²) in [6.07, 6.45) is -0.612. The van der Waals surface area contributed by atoms with Gasteiger partial charge in [0.15, 0.2) is 11.6 Å². The van der Waals surface area contributed by atoms with Crippen LogP contribution in [0.25, 0.3) is 0 Å². The van der Waals surface area contributed by atoms with Crippen LogP contribution in [0.2, 0.25) is 0 Å². The van der Waals surface area contributed by atoms with Gasteiger partial charge in [0.25, 0.3) is 0 Å². The first-order valence-electron chi connectivity index (χ1n) is 6.71. The zero-order valence-corrected chi connectivity index (χ0v) is 12.1. The second-order valence-corrected chi connectivity index (χ2v) is 4.36. The predicted molar refractivity (Wildman–Crippen MR) is 78.4 cm³/mol. The van der Waals surface area contributed by atoms with Crippen LogP contribution in [0.1, 0.15) is 17.3 Å². The summed E-state index contributed by atoms with van der Waals surface area (Å²) >= 11 is 0. The number of amides is 1. The third kappa shape index (κ3) is 4.26. The van der Waals surface area contributed by atoms with Gasteiger partial charge >= 0.3 is 12.1 Å². The minimum atomic E-state index is -1.27. The molecule has 1 N–H and O–H groups in total. The summed E-state index contributed by atoms with van der Waals surface area (Å²) in [4.78, 5) is 23.1. The van der Waals surface area contributed by atoms with Gasteiger partial charge in [-0.1, -0.05) is 6.07 Å². The molecule has 0 aliphatic rings. The molecule has 120 valence electrons. The van der Waals surface area contributed by atoms with Crippen LogP contribution >= 0.6 is 0 Å². The Kier molecular flexibility index (Phi) is 5.24. The van der Waals surface area contributed by atoms with E-state index in [1.165, 1.54) is 30.3 Å². The molecule has 23 heavy (non-hydrogen) atoms. The van der Waals surface area contributed by atoms with E-state index in [4.69, 9.17) is 9.47 Å². The average Bonchev–Trinajstić information content (AvgIpc) is 2.52. The van der Waals surface area contributed by atoms with Gasteiger partial charge in [0.1, 0.15) is 5.75 Å². The molecule has 2 rings (SSSR count). The Labute approximate surface area is 130 Å². The van der Waals surface area contributed by atoms with Gasteiger partial charge in [-0.25, -0.2) is 18.4 Å². The zero-order valence-electron chi connectivity index (χ0n) is 12.1. The van der Waals surface area contributed by atoms with Crippen molar-refractivity contribution in [1.29, 1.82) is 0 Å². The molecule has 0 saturated heterocycles. The normalized spacial score (nSPS) is 10.0. The monoisotopic (exact) mass is 321 g/mol. The lowest BCUT2D eigenvalue weighted by Crippen LogP contribution is -2.13. The number of benzene rings is 2. The lowest BCUT2D eigenvalue weighted by Gasteiger charge is -2.08. The van der Waals surface area contributed by atoms with Crippen LogP contribution < -0.4 is 10.1 Å². The summed E-state index contributed by atoms with van der Waals surface area (Å²) in [7, 11) is 0. The summed E-state index contributed by atoms with van der Waals surface area (Å²) in [5, 5.41) is 2.46. The van der Waals surface area contributed by atoms with Crippen molar-refractivity contribution in [3.05, 3.63) is 59.7 Å². The van der Waals surface area contributed by atoms with Gasteiger partial charge in [-0.3, -0.25) is 5.32 Å². The molecule has 0 saturated carbocycles. The molecule has 0 aromatic heterocycles. The highest BCUT2D eigenvalue weighted by Gasteiger charge is 2.17. The highest BCUT2D eigenvalue weighted by molar-refractivity contribution is 5.91. The molecule has 0 fully saturated rings. The standard InChI is InChI=1S/C16H13F2NO4/c1-2-22-16(21)19-10-6-8-11(9-7-10)23-15(20)12-4-3-5-13(17)14(12)18/h3-9H,2H2,1H3,(H,19,21). The highest BCUT2D eigenvalue weighted by Crippen LogP contribution is 2.19. The smallest absolute Gasteiger partial charge is 0.411 e. The number of anilines is 1. The van der Waals surface area contributed by atoms with Crippen LogP contribution in [0.3, 0.4) is 0 Å². The van der Waals surface area contributed by atoms with E-state index in [1.807, 2.05) is 0 Å². The predicted octanol–water partition coefficient (Wildman–Crippen LogP) is 3.75. The number of hydrogen-bond donors (Lipinski definition) is 1. The fourth-order valence-corrected chi connectivity index (χ4v) is 1.71. The Morgan fingerprint density at radius 3 is 2.43 bits per heavy atom. The minimum Gasteiger partial charge on any atom is -0.450 e. The second-order valence-electron chi connectivity index (χ2n) is 4.36. The molecule has 5 nitrogen and oxygen atoms in total. The lowest BCUT2D eigenvalue weighted by molar-refractivity contribution is 0.0728. The molecule has 0 aliphatic heterocycles. The third-order valence-corrected chi connectivity index (χ3v) is 2.76. The van der Waals surface area contributed by atoms with Gasteiger partial charge < -0.3 is 9.47 Å². The molecule has 0 unspecified atom stereocenters. The molecule has 2 aromatic carbocycles. The summed E-state index contributed by atoms with van der Waals surface area (Å²) in [6, 6.07) is 8.98. The summed E-state index contributed by atoms with van der Waals surface area (Å²) in [6.45, 7) is 1.91. The fourth-order valence-electron chi connectivity index (χ4n) is 1.71. The van der Waals surface area contributed by atoms with Crippen LogP contribution in [0.5, 0.6) is 5.75 Å². The summed E-state index contributed by atoms with van der Waals surface area (Å²) in [5.74, 6) is -3.30. The van der Waals surface area contributed by atoms with E-state index in [1.54, 1.807) is 6.92 Å². The maximum absolute atomic E-state index is 13.5. The second kappa shape index (κ2) is 7.35.